The highest BCUT2D eigenvalue weighted by Gasteiger charge is 2.15. The number of nitrogens with one attached hydrogen (secondary N) is 1. The first-order valence-corrected chi connectivity index (χ1v) is 7.11. The molecule has 1 amide bonds. The van der Waals surface area contributed by atoms with Crippen LogP contribution in [0.15, 0.2) is 36.9 Å². The van der Waals surface area contributed by atoms with Crippen LogP contribution in [0.3, 0.4) is 0 Å². The van der Waals surface area contributed by atoms with Crippen LogP contribution in [0.25, 0.3) is 0 Å². The van der Waals surface area contributed by atoms with Gasteiger partial charge < -0.3 is 19.4 Å². The van der Waals surface area contributed by atoms with E-state index in [0.717, 1.165) is 17.1 Å². The van der Waals surface area contributed by atoms with Crippen LogP contribution in [-0.4, -0.2) is 29.7 Å². The average molecular weight is 303 g/mol. The first-order valence-electron chi connectivity index (χ1n) is 7.11. The maximum atomic E-state index is 12.1. The number of methoxy groups -OCH3 is 2. The van der Waals surface area contributed by atoms with Gasteiger partial charge in [-0.05, 0) is 25.1 Å². The highest BCUT2D eigenvalue weighted by Crippen LogP contribution is 2.29. The van der Waals surface area contributed by atoms with Gasteiger partial charge in [0, 0.05) is 30.9 Å². The number of hydrogen-bond donors (Lipinski definition) is 1. The molecular formula is C16H21N3O3. The third-order valence-corrected chi connectivity index (χ3v) is 3.44. The number of aryl methyl sites for hydroxylation is 1. The molecule has 118 valence electrons. The third kappa shape index (κ3) is 4.00. The summed E-state index contributed by atoms with van der Waals surface area (Å²) in [6.07, 6.45) is 5.62. The van der Waals surface area contributed by atoms with E-state index >= 15 is 0 Å². The minimum absolute atomic E-state index is 0.0222. The predicted octanol–water partition coefficient (Wildman–Crippen LogP) is 2.17. The third-order valence-electron chi connectivity index (χ3n) is 3.44. The molecule has 1 atom stereocenters. The van der Waals surface area contributed by atoms with Crippen molar-refractivity contribution in [2.75, 3.05) is 14.2 Å². The monoisotopic (exact) mass is 303 g/mol. The molecule has 6 nitrogen and oxygen atoms in total. The lowest BCUT2D eigenvalue weighted by atomic mass is 10.1. The Morgan fingerprint density at radius 2 is 2.18 bits per heavy atom. The summed E-state index contributed by atoms with van der Waals surface area (Å²) in [4.78, 5) is 16.0. The van der Waals surface area contributed by atoms with Gasteiger partial charge in [0.15, 0.2) is 0 Å². The van der Waals surface area contributed by atoms with Gasteiger partial charge in [-0.3, -0.25) is 4.79 Å². The van der Waals surface area contributed by atoms with E-state index in [1.165, 1.54) is 0 Å². The van der Waals surface area contributed by atoms with Crippen molar-refractivity contribution >= 4 is 5.91 Å². The number of rotatable bonds is 7. The summed E-state index contributed by atoms with van der Waals surface area (Å²) >= 11 is 0. The van der Waals surface area contributed by atoms with Crippen LogP contribution in [0, 0.1) is 0 Å². The van der Waals surface area contributed by atoms with Crippen molar-refractivity contribution in [2.45, 2.75) is 25.9 Å². The van der Waals surface area contributed by atoms with E-state index in [2.05, 4.69) is 10.3 Å². The highest BCUT2D eigenvalue weighted by molar-refractivity contribution is 5.76. The molecule has 2 aromatic rings. The lowest BCUT2D eigenvalue weighted by Gasteiger charge is -2.18. The summed E-state index contributed by atoms with van der Waals surface area (Å²) in [6, 6.07) is 5.37. The number of ether oxygens (including phenoxy) is 2. The van der Waals surface area contributed by atoms with Crippen molar-refractivity contribution in [1.82, 2.24) is 14.9 Å². The number of aromatic nitrogens is 2. The molecule has 1 unspecified atom stereocenters. The molecule has 0 fully saturated rings. The van der Waals surface area contributed by atoms with Crippen molar-refractivity contribution < 1.29 is 14.3 Å². The fourth-order valence-corrected chi connectivity index (χ4v) is 2.22. The highest BCUT2D eigenvalue weighted by atomic mass is 16.5. The van der Waals surface area contributed by atoms with Gasteiger partial charge in [0.1, 0.15) is 11.5 Å². The molecule has 1 aromatic carbocycles. The van der Waals surface area contributed by atoms with E-state index in [-0.39, 0.29) is 11.9 Å². The van der Waals surface area contributed by atoms with Gasteiger partial charge in [-0.1, -0.05) is 0 Å². The van der Waals surface area contributed by atoms with Crippen molar-refractivity contribution in [3.63, 3.8) is 0 Å². The zero-order valence-electron chi connectivity index (χ0n) is 13.1. The molecule has 1 aromatic heterocycles. The second-order valence-corrected chi connectivity index (χ2v) is 4.95. The summed E-state index contributed by atoms with van der Waals surface area (Å²) in [7, 11) is 3.22. The van der Waals surface area contributed by atoms with Crippen molar-refractivity contribution in [3.8, 4) is 11.5 Å². The van der Waals surface area contributed by atoms with E-state index in [9.17, 15) is 4.79 Å². The molecule has 0 aliphatic rings. The van der Waals surface area contributed by atoms with Crippen molar-refractivity contribution in [3.05, 3.63) is 42.5 Å². The summed E-state index contributed by atoms with van der Waals surface area (Å²) in [6.45, 7) is 2.53. The molecule has 1 N–H and O–H groups in total. The average Bonchev–Trinajstić information content (AvgIpc) is 3.05. The SMILES string of the molecule is COc1ccc(OC)c(C(C)NC(=O)CCn2ccnc2)c1. The van der Waals surface area contributed by atoms with E-state index in [0.29, 0.717) is 13.0 Å². The maximum Gasteiger partial charge on any atom is 0.222 e. The molecule has 2 rings (SSSR count). The minimum atomic E-state index is -0.166. The Bertz CT molecular complexity index is 611. The number of carbonyl (C=O) groups excluding carboxylic acids is 1. The van der Waals surface area contributed by atoms with Crippen LogP contribution >= 0.6 is 0 Å². The number of benzene rings is 1. The fraction of sp³-hybridized carbons (Fsp3) is 0.375. The summed E-state index contributed by atoms with van der Waals surface area (Å²) in [5.74, 6) is 1.43. The standard InChI is InChI=1S/C16H21N3O3/c1-12(14-10-13(21-2)4-5-15(14)22-3)18-16(20)6-8-19-9-7-17-11-19/h4-5,7,9-12H,6,8H2,1-3H3,(H,18,20). The van der Waals surface area contributed by atoms with Crippen LogP contribution in [-0.2, 0) is 11.3 Å². The van der Waals surface area contributed by atoms with Crippen LogP contribution in [0.5, 0.6) is 11.5 Å². The molecule has 6 heteroatoms. The van der Waals surface area contributed by atoms with E-state index in [1.807, 2.05) is 35.9 Å². The topological polar surface area (TPSA) is 65.4 Å². The van der Waals surface area contributed by atoms with Crippen LogP contribution in [0.2, 0.25) is 0 Å². The first kappa shape index (κ1) is 15.9. The molecule has 0 spiro atoms. The second kappa shape index (κ2) is 7.49. The van der Waals surface area contributed by atoms with E-state index in [1.54, 1.807) is 26.7 Å². The molecular weight excluding hydrogens is 282 g/mol. The number of hydrogen-bond acceptors (Lipinski definition) is 4. The number of carbonyl (C=O) groups is 1. The Labute approximate surface area is 130 Å². The molecule has 22 heavy (non-hydrogen) atoms. The van der Waals surface area contributed by atoms with Crippen molar-refractivity contribution in [1.29, 1.82) is 0 Å². The van der Waals surface area contributed by atoms with Gasteiger partial charge >= 0.3 is 0 Å². The normalized spacial score (nSPS) is 11.8. The Hall–Kier alpha value is -2.50. The zero-order valence-corrected chi connectivity index (χ0v) is 13.1. The predicted molar refractivity (Wildman–Crippen MR) is 82.9 cm³/mol. The summed E-state index contributed by atoms with van der Waals surface area (Å²) < 4.78 is 12.4. The molecule has 0 bridgehead atoms. The smallest absolute Gasteiger partial charge is 0.222 e. The first-order chi connectivity index (χ1) is 10.6. The van der Waals surface area contributed by atoms with Crippen LogP contribution in [0.4, 0.5) is 0 Å². The second-order valence-electron chi connectivity index (χ2n) is 4.95. The van der Waals surface area contributed by atoms with Crippen molar-refractivity contribution in [2.24, 2.45) is 0 Å². The van der Waals surface area contributed by atoms with Gasteiger partial charge in [-0.25, -0.2) is 4.98 Å². The number of imidazole rings is 1. The summed E-state index contributed by atoms with van der Waals surface area (Å²) in [5, 5.41) is 2.98. The van der Waals surface area contributed by atoms with Gasteiger partial charge in [-0.2, -0.15) is 0 Å². The Morgan fingerprint density at radius 1 is 1.36 bits per heavy atom. The lowest BCUT2D eigenvalue weighted by Crippen LogP contribution is -2.27. The van der Waals surface area contributed by atoms with Gasteiger partial charge in [0.25, 0.3) is 0 Å². The van der Waals surface area contributed by atoms with Crippen LogP contribution in [0.1, 0.15) is 24.9 Å². The van der Waals surface area contributed by atoms with Gasteiger partial charge in [0.05, 0.1) is 26.6 Å². The van der Waals surface area contributed by atoms with E-state index in [4.69, 9.17) is 9.47 Å². The Morgan fingerprint density at radius 3 is 2.82 bits per heavy atom. The Kier molecular flexibility index (Phi) is 5.41. The lowest BCUT2D eigenvalue weighted by molar-refractivity contribution is -0.121. The maximum absolute atomic E-state index is 12.1. The van der Waals surface area contributed by atoms with Gasteiger partial charge in [0.2, 0.25) is 5.91 Å². The quantitative estimate of drug-likeness (QED) is 0.851. The van der Waals surface area contributed by atoms with E-state index < -0.39 is 0 Å². The molecule has 0 saturated heterocycles. The molecule has 1 heterocycles. The Balaban J connectivity index is 1.98. The molecule has 0 aliphatic carbocycles. The molecule has 0 saturated carbocycles. The van der Waals surface area contributed by atoms with Gasteiger partial charge in [-0.15, -0.1) is 0 Å². The number of amides is 1. The molecule has 0 radical (unpaired) electrons. The summed E-state index contributed by atoms with van der Waals surface area (Å²) in [5.41, 5.74) is 0.887. The largest absolute Gasteiger partial charge is 0.497 e. The fourth-order valence-electron chi connectivity index (χ4n) is 2.22. The molecule has 0 aliphatic heterocycles. The number of nitrogens with zero attached hydrogens (tertiary/aromatic N) is 2. The zero-order chi connectivity index (χ0) is 15.9. The minimum Gasteiger partial charge on any atom is -0.497 e. The van der Waals surface area contributed by atoms with Crippen LogP contribution < -0.4 is 14.8 Å².